The zero-order valence-corrected chi connectivity index (χ0v) is 23.8. The van der Waals surface area contributed by atoms with Crippen molar-refractivity contribution in [3.63, 3.8) is 0 Å². The molecule has 0 saturated carbocycles. The molecule has 1 fully saturated rings. The summed E-state index contributed by atoms with van der Waals surface area (Å²) >= 11 is 0. The third-order valence-electron chi connectivity index (χ3n) is 7.97. The Kier molecular flexibility index (Phi) is 8.16. The van der Waals surface area contributed by atoms with Crippen LogP contribution in [-0.2, 0) is 4.79 Å². The van der Waals surface area contributed by atoms with Crippen LogP contribution in [-0.4, -0.2) is 86.0 Å². The monoisotopic (exact) mass is 538 g/mol. The predicted octanol–water partition coefficient (Wildman–Crippen LogP) is 4.59. The van der Waals surface area contributed by atoms with Crippen LogP contribution in [0.5, 0.6) is 0 Å². The first-order chi connectivity index (χ1) is 19.4. The van der Waals surface area contributed by atoms with Gasteiger partial charge in [-0.1, -0.05) is 25.1 Å². The zero-order chi connectivity index (χ0) is 28.2. The Labute approximate surface area is 236 Å². The van der Waals surface area contributed by atoms with Gasteiger partial charge in [-0.25, -0.2) is 4.98 Å². The first kappa shape index (κ1) is 27.4. The lowest BCUT2D eigenvalue weighted by Crippen LogP contribution is -2.45. The summed E-state index contributed by atoms with van der Waals surface area (Å²) in [7, 11) is 5.68. The number of anilines is 1. The van der Waals surface area contributed by atoms with Crippen molar-refractivity contribution in [2.45, 2.75) is 19.3 Å². The van der Waals surface area contributed by atoms with E-state index in [0.29, 0.717) is 12.1 Å². The Balaban J connectivity index is 1.52. The number of benzene rings is 2. The van der Waals surface area contributed by atoms with Crippen molar-refractivity contribution in [3.8, 4) is 22.3 Å². The molecule has 0 spiro atoms. The summed E-state index contributed by atoms with van der Waals surface area (Å²) in [6, 6.07) is 16.6. The number of aromatic nitrogens is 2. The number of amides is 2. The van der Waals surface area contributed by atoms with E-state index in [0.717, 1.165) is 72.3 Å². The topological polar surface area (TPSA) is 84.6 Å². The van der Waals surface area contributed by atoms with Gasteiger partial charge in [0.25, 0.3) is 5.91 Å². The smallest absolute Gasteiger partial charge is 0.253 e. The number of rotatable bonds is 9. The highest BCUT2D eigenvalue weighted by Gasteiger charge is 2.22. The number of likely N-dealkylation sites (N-methyl/N-ethyl adjacent to an activating group) is 1. The number of nitrogens with one attached hydrogen (secondary N) is 2. The SMILES string of the molecule is CCC(CNC=O)c1cc(-c2cnc3[nH]cc(-c4ccc(C(=O)N(C)C)cc4)c3c2)ccc1N1CCN(C)CC1. The highest BCUT2D eigenvalue weighted by molar-refractivity contribution is 5.98. The van der Waals surface area contributed by atoms with Crippen molar-refractivity contribution in [1.29, 1.82) is 0 Å². The summed E-state index contributed by atoms with van der Waals surface area (Å²) < 4.78 is 0. The van der Waals surface area contributed by atoms with E-state index in [1.165, 1.54) is 11.3 Å². The third-order valence-corrected chi connectivity index (χ3v) is 7.97. The van der Waals surface area contributed by atoms with Crippen molar-refractivity contribution < 1.29 is 9.59 Å². The van der Waals surface area contributed by atoms with Crippen molar-refractivity contribution in [3.05, 3.63) is 72.1 Å². The fourth-order valence-electron chi connectivity index (χ4n) is 5.51. The maximum atomic E-state index is 12.3. The van der Waals surface area contributed by atoms with E-state index in [1.807, 2.05) is 36.7 Å². The maximum absolute atomic E-state index is 12.3. The summed E-state index contributed by atoms with van der Waals surface area (Å²) in [5.41, 5.74) is 8.21. The van der Waals surface area contributed by atoms with Gasteiger partial charge in [-0.15, -0.1) is 0 Å². The number of H-pyrrole nitrogens is 1. The molecule has 3 heterocycles. The van der Waals surface area contributed by atoms with Gasteiger partial charge in [0.1, 0.15) is 5.65 Å². The van der Waals surface area contributed by atoms with Gasteiger partial charge in [0.15, 0.2) is 0 Å². The molecule has 8 nitrogen and oxygen atoms in total. The molecular weight excluding hydrogens is 500 g/mol. The highest BCUT2D eigenvalue weighted by atomic mass is 16.2. The number of hydrogen-bond donors (Lipinski definition) is 2. The van der Waals surface area contributed by atoms with Gasteiger partial charge in [-0.05, 0) is 60.5 Å². The molecule has 208 valence electrons. The van der Waals surface area contributed by atoms with Crippen molar-refractivity contribution in [2.24, 2.45) is 0 Å². The van der Waals surface area contributed by atoms with E-state index >= 15 is 0 Å². The summed E-state index contributed by atoms with van der Waals surface area (Å²) in [5, 5.41) is 3.94. The average molecular weight is 539 g/mol. The number of pyridine rings is 1. The van der Waals surface area contributed by atoms with Crippen LogP contribution in [0.1, 0.15) is 35.2 Å². The molecule has 1 saturated heterocycles. The second-order valence-corrected chi connectivity index (χ2v) is 10.8. The number of hydrogen-bond acceptors (Lipinski definition) is 5. The van der Waals surface area contributed by atoms with E-state index in [4.69, 9.17) is 4.98 Å². The van der Waals surface area contributed by atoms with Gasteiger partial charge in [0.05, 0.1) is 0 Å². The number of fused-ring (bicyclic) bond motifs is 1. The lowest BCUT2D eigenvalue weighted by Gasteiger charge is -2.36. The highest BCUT2D eigenvalue weighted by Crippen LogP contribution is 2.36. The first-order valence-corrected chi connectivity index (χ1v) is 13.9. The molecule has 4 aromatic rings. The van der Waals surface area contributed by atoms with Crippen molar-refractivity contribution in [1.82, 2.24) is 25.1 Å². The quantitative estimate of drug-likeness (QED) is 0.305. The van der Waals surface area contributed by atoms with E-state index in [2.05, 4.69) is 58.3 Å². The largest absolute Gasteiger partial charge is 0.369 e. The lowest BCUT2D eigenvalue weighted by atomic mass is 9.90. The molecule has 0 aliphatic carbocycles. The number of piperazine rings is 1. The van der Waals surface area contributed by atoms with Crippen molar-refractivity contribution >= 4 is 29.0 Å². The number of carbonyl (C=O) groups is 2. The van der Waals surface area contributed by atoms with Crippen LogP contribution in [0, 0.1) is 0 Å². The molecule has 0 bridgehead atoms. The molecule has 1 aliphatic rings. The summed E-state index contributed by atoms with van der Waals surface area (Å²) in [4.78, 5) is 37.9. The molecule has 5 rings (SSSR count). The molecule has 2 amide bonds. The molecule has 40 heavy (non-hydrogen) atoms. The zero-order valence-electron chi connectivity index (χ0n) is 23.8. The second-order valence-electron chi connectivity index (χ2n) is 10.8. The van der Waals surface area contributed by atoms with E-state index in [1.54, 1.807) is 19.0 Å². The normalized spacial score (nSPS) is 14.8. The third kappa shape index (κ3) is 5.58. The minimum Gasteiger partial charge on any atom is -0.369 e. The Morgan fingerprint density at radius 2 is 1.77 bits per heavy atom. The molecule has 8 heteroatoms. The Morgan fingerprint density at radius 1 is 1.05 bits per heavy atom. The Morgan fingerprint density at radius 3 is 2.45 bits per heavy atom. The van der Waals surface area contributed by atoms with E-state index < -0.39 is 0 Å². The van der Waals surface area contributed by atoms with Crippen LogP contribution in [0.4, 0.5) is 5.69 Å². The Bertz CT molecular complexity index is 1490. The fraction of sp³-hybridized carbons (Fsp3) is 0.344. The predicted molar refractivity (Wildman–Crippen MR) is 162 cm³/mol. The number of carbonyl (C=O) groups excluding carboxylic acids is 2. The minimum atomic E-state index is -0.0148. The summed E-state index contributed by atoms with van der Waals surface area (Å²) in [5.74, 6) is 0.196. The number of nitrogens with zero attached hydrogens (tertiary/aromatic N) is 4. The summed E-state index contributed by atoms with van der Waals surface area (Å²) in [6.45, 7) is 6.82. The number of aromatic amines is 1. The van der Waals surface area contributed by atoms with E-state index in [-0.39, 0.29) is 11.8 Å². The van der Waals surface area contributed by atoms with Crippen LogP contribution in [0.25, 0.3) is 33.3 Å². The molecule has 1 unspecified atom stereocenters. The Hall–Kier alpha value is -4.17. The standard InChI is InChI=1S/C32H38N6O2/c1-5-22(18-33-21-39)27-16-25(10-11-30(27)38-14-12-37(4)13-15-38)26-17-28-29(20-35-31(28)34-19-26)23-6-8-24(9-7-23)32(40)36(2)3/h6-11,16-17,19-22H,5,12-15,18H2,1-4H3,(H,33,39)(H,34,35). The summed E-state index contributed by atoms with van der Waals surface area (Å²) in [6.07, 6.45) is 5.61. The van der Waals surface area contributed by atoms with Gasteiger partial charge in [-0.3, -0.25) is 9.59 Å². The van der Waals surface area contributed by atoms with Crippen LogP contribution in [0.2, 0.25) is 0 Å². The molecule has 2 aromatic heterocycles. The molecule has 1 aliphatic heterocycles. The molecule has 2 N–H and O–H groups in total. The van der Waals surface area contributed by atoms with Crippen LogP contribution < -0.4 is 10.2 Å². The van der Waals surface area contributed by atoms with Crippen LogP contribution in [0.15, 0.2) is 60.9 Å². The first-order valence-electron chi connectivity index (χ1n) is 13.9. The van der Waals surface area contributed by atoms with Gasteiger partial charge in [-0.2, -0.15) is 0 Å². The van der Waals surface area contributed by atoms with Crippen molar-refractivity contribution in [2.75, 3.05) is 58.8 Å². The van der Waals surface area contributed by atoms with E-state index in [9.17, 15) is 9.59 Å². The van der Waals surface area contributed by atoms with Gasteiger partial charge >= 0.3 is 0 Å². The minimum absolute atomic E-state index is 0.0148. The average Bonchev–Trinajstić information content (AvgIpc) is 3.41. The van der Waals surface area contributed by atoms with Gasteiger partial charge in [0.2, 0.25) is 6.41 Å². The van der Waals surface area contributed by atoms with Crippen LogP contribution >= 0.6 is 0 Å². The molecule has 2 aromatic carbocycles. The lowest BCUT2D eigenvalue weighted by molar-refractivity contribution is -0.109. The van der Waals surface area contributed by atoms with Crippen LogP contribution in [0.3, 0.4) is 0 Å². The van der Waals surface area contributed by atoms with Gasteiger partial charge < -0.3 is 25.0 Å². The fourth-order valence-corrected chi connectivity index (χ4v) is 5.51. The maximum Gasteiger partial charge on any atom is 0.253 e. The molecular formula is C32H38N6O2. The molecule has 1 atom stereocenters. The second kappa shape index (κ2) is 11.9. The molecule has 0 radical (unpaired) electrons. The van der Waals surface area contributed by atoms with Gasteiger partial charge in [0, 0.05) is 92.9 Å².